The van der Waals surface area contributed by atoms with Gasteiger partial charge in [-0.05, 0) is 114 Å². The molecule has 7 heteroatoms. The van der Waals surface area contributed by atoms with E-state index in [1.807, 2.05) is 33.8 Å². The molecular weight excluding hydrogens is 711 g/mol. The second-order valence-electron chi connectivity index (χ2n) is 18.8. The summed E-state index contributed by atoms with van der Waals surface area (Å²) < 4.78 is 13.5. The van der Waals surface area contributed by atoms with Gasteiger partial charge in [-0.3, -0.25) is 9.69 Å². The Labute approximate surface area is 350 Å². The van der Waals surface area contributed by atoms with E-state index < -0.39 is 23.2 Å². The van der Waals surface area contributed by atoms with Gasteiger partial charge in [-0.25, -0.2) is 0 Å². The molecule has 3 N–H and O–H groups in total. The fourth-order valence-electron chi connectivity index (χ4n) is 10.2. The highest BCUT2D eigenvalue weighted by Crippen LogP contribution is 2.48. The van der Waals surface area contributed by atoms with Gasteiger partial charge in [0.25, 0.3) is 0 Å². The summed E-state index contributed by atoms with van der Waals surface area (Å²) in [6.45, 7) is 23.8. The smallest absolute Gasteiger partial charge is 0.143 e. The number of carbonyl (C=O) groups is 1. The number of ether oxygens (including phenoxy) is 2. The molecule has 0 radical (unpaired) electrons. The number of hydrogen-bond acceptors (Lipinski definition) is 7. The molecule has 2 saturated heterocycles. The number of phenolic OH excluding ortho intramolecular Hbond substituents is 1. The highest BCUT2D eigenvalue weighted by Gasteiger charge is 2.55. The Balaban J connectivity index is 1.67. The second-order valence-corrected chi connectivity index (χ2v) is 18.8. The topological polar surface area (TPSA) is 99.5 Å². The van der Waals surface area contributed by atoms with E-state index in [-0.39, 0.29) is 41.8 Å². The molecule has 1 aromatic carbocycles. The van der Waals surface area contributed by atoms with E-state index in [4.69, 9.17) is 9.47 Å². The average Bonchev–Trinajstić information content (AvgIpc) is 3.55. The Morgan fingerprint density at radius 2 is 1.49 bits per heavy atom. The minimum absolute atomic E-state index is 0.0904. The van der Waals surface area contributed by atoms with Crippen molar-refractivity contribution in [3.05, 3.63) is 28.8 Å². The first-order valence-corrected chi connectivity index (χ1v) is 24.0. The summed E-state index contributed by atoms with van der Waals surface area (Å²) in [6, 6.07) is 4.21. The van der Waals surface area contributed by atoms with Crippen molar-refractivity contribution in [2.45, 2.75) is 240 Å². The van der Waals surface area contributed by atoms with Crippen molar-refractivity contribution < 1.29 is 29.6 Å². The lowest BCUT2D eigenvalue weighted by molar-refractivity contribution is -0.229. The van der Waals surface area contributed by atoms with E-state index in [1.54, 1.807) is 0 Å². The maximum atomic E-state index is 14.3. The van der Waals surface area contributed by atoms with Crippen LogP contribution in [0.5, 0.6) is 5.75 Å². The van der Waals surface area contributed by atoms with E-state index in [9.17, 15) is 20.1 Å². The molecule has 2 fully saturated rings. The molecular formula is C50H89NO6. The number of aliphatic hydroxyl groups excluding tert-OH is 1. The fraction of sp³-hybridized carbons (Fsp3) is 0.860. The van der Waals surface area contributed by atoms with Gasteiger partial charge >= 0.3 is 0 Å². The Kier molecular flexibility index (Phi) is 21.6. The van der Waals surface area contributed by atoms with E-state index in [1.165, 1.54) is 77.0 Å². The molecule has 0 spiro atoms. The number of hydrogen-bond donors (Lipinski definition) is 3. The summed E-state index contributed by atoms with van der Waals surface area (Å²) in [5.74, 6) is -0.226. The van der Waals surface area contributed by atoms with Crippen LogP contribution < -0.4 is 0 Å². The molecule has 0 bridgehead atoms. The molecule has 2 heterocycles. The molecule has 2 aliphatic heterocycles. The van der Waals surface area contributed by atoms with Crippen molar-refractivity contribution in [3.63, 3.8) is 0 Å². The van der Waals surface area contributed by atoms with Crippen LogP contribution in [0.1, 0.15) is 201 Å². The van der Waals surface area contributed by atoms with E-state index in [0.717, 1.165) is 68.4 Å². The summed E-state index contributed by atoms with van der Waals surface area (Å²) in [5.41, 5.74) is 1.81. The van der Waals surface area contributed by atoms with Gasteiger partial charge in [-0.15, -0.1) is 0 Å². The summed E-state index contributed by atoms with van der Waals surface area (Å²) >= 11 is 0. The summed E-state index contributed by atoms with van der Waals surface area (Å²) in [7, 11) is 0. The van der Waals surface area contributed by atoms with Crippen LogP contribution in [0, 0.1) is 30.6 Å². The fourth-order valence-corrected chi connectivity index (χ4v) is 10.2. The predicted octanol–water partition coefficient (Wildman–Crippen LogP) is 11.7. The minimum atomic E-state index is -0.804. The third-order valence-electron chi connectivity index (χ3n) is 14.6. The molecule has 0 unspecified atom stereocenters. The summed E-state index contributed by atoms with van der Waals surface area (Å²) in [5, 5.41) is 34.3. The van der Waals surface area contributed by atoms with Crippen molar-refractivity contribution >= 4 is 5.78 Å². The van der Waals surface area contributed by atoms with Gasteiger partial charge in [0, 0.05) is 23.9 Å². The van der Waals surface area contributed by atoms with Crippen LogP contribution >= 0.6 is 0 Å². The Hall–Kier alpha value is -1.51. The number of aryl methyl sites for hydroxylation is 2. The van der Waals surface area contributed by atoms with Gasteiger partial charge in [-0.2, -0.15) is 0 Å². The third-order valence-corrected chi connectivity index (χ3v) is 14.6. The highest BCUT2D eigenvalue weighted by molar-refractivity contribution is 5.84. The zero-order chi connectivity index (χ0) is 42.2. The molecule has 2 aliphatic rings. The molecule has 10 atom stereocenters. The van der Waals surface area contributed by atoms with Crippen LogP contribution in [-0.4, -0.2) is 74.7 Å². The first kappa shape index (κ1) is 49.8. The number of aromatic hydroxyl groups is 1. The number of ketones is 1. The molecule has 0 amide bonds. The monoisotopic (exact) mass is 800 g/mol. The first-order chi connectivity index (χ1) is 27.2. The van der Waals surface area contributed by atoms with Crippen molar-refractivity contribution in [3.8, 4) is 5.75 Å². The maximum Gasteiger partial charge on any atom is 0.143 e. The third kappa shape index (κ3) is 13.8. The number of phenols is 1. The number of aliphatic hydroxyl groups is 2. The Bertz CT molecular complexity index is 1290. The first-order valence-electron chi connectivity index (χ1n) is 24.0. The zero-order valence-electron chi connectivity index (χ0n) is 38.6. The van der Waals surface area contributed by atoms with Crippen LogP contribution in [0.4, 0.5) is 0 Å². The van der Waals surface area contributed by atoms with E-state index in [2.05, 4.69) is 52.5 Å². The van der Waals surface area contributed by atoms with Crippen molar-refractivity contribution in [1.82, 2.24) is 4.90 Å². The van der Waals surface area contributed by atoms with E-state index >= 15 is 0 Å². The van der Waals surface area contributed by atoms with Crippen LogP contribution in [0.3, 0.4) is 0 Å². The van der Waals surface area contributed by atoms with Gasteiger partial charge < -0.3 is 24.8 Å². The van der Waals surface area contributed by atoms with Crippen LogP contribution in [0.25, 0.3) is 0 Å². The number of Topliss-reactive ketones (excluding diaryl/α,β-unsaturated/α-hetero) is 1. The summed E-state index contributed by atoms with van der Waals surface area (Å²) in [4.78, 5) is 16.9. The van der Waals surface area contributed by atoms with Gasteiger partial charge in [0.2, 0.25) is 0 Å². The lowest BCUT2D eigenvalue weighted by Crippen LogP contribution is -2.55. The zero-order valence-corrected chi connectivity index (χ0v) is 38.6. The van der Waals surface area contributed by atoms with Crippen molar-refractivity contribution in [2.24, 2.45) is 23.7 Å². The molecule has 330 valence electrons. The molecule has 0 aliphatic carbocycles. The van der Waals surface area contributed by atoms with Crippen LogP contribution in [0.2, 0.25) is 0 Å². The van der Waals surface area contributed by atoms with Crippen LogP contribution in [-0.2, 0) is 27.2 Å². The number of rotatable bonds is 28. The van der Waals surface area contributed by atoms with Gasteiger partial charge in [0.15, 0.2) is 0 Å². The Morgan fingerprint density at radius 3 is 2.04 bits per heavy atom. The molecule has 0 aromatic heterocycles. The maximum absolute atomic E-state index is 14.3. The van der Waals surface area contributed by atoms with Crippen LogP contribution in [0.15, 0.2) is 12.1 Å². The second kappa shape index (κ2) is 24.7. The molecule has 0 saturated carbocycles. The van der Waals surface area contributed by atoms with E-state index in [0.29, 0.717) is 25.0 Å². The van der Waals surface area contributed by atoms with Crippen molar-refractivity contribution in [2.75, 3.05) is 13.1 Å². The minimum Gasteiger partial charge on any atom is -0.507 e. The number of carbonyl (C=O) groups excluding carboxylic acids is 1. The van der Waals surface area contributed by atoms with Gasteiger partial charge in [0.1, 0.15) is 11.5 Å². The van der Waals surface area contributed by atoms with Crippen molar-refractivity contribution in [1.29, 1.82) is 0 Å². The lowest BCUT2D eigenvalue weighted by atomic mass is 9.76. The SMILES string of the molecule is CCCCCCCCN(CCCCCCCC)Cc1c(CC[C@@H](C)[C@H](O)[C@H](C)C(=O)[C@H](CC)[C@H]2O[C@](CC)([C@H]3CC[C@](O)(CC)[C@H](C)O3)C[C@@H]2C)ccc(C)c1O. The number of nitrogens with zero attached hydrogens (tertiary/aromatic N) is 1. The lowest BCUT2D eigenvalue weighted by Gasteiger charge is -2.47. The summed E-state index contributed by atoms with van der Waals surface area (Å²) in [6.07, 6.45) is 19.8. The average molecular weight is 800 g/mol. The highest BCUT2D eigenvalue weighted by atomic mass is 16.6. The number of benzene rings is 1. The standard InChI is InChI=1S/C50H89NO6/c1-11-16-18-20-22-24-32-51(33-25-23-21-19-17-12-2)35-43-41(29-27-37(7)46(43)53)28-26-36(6)45(52)39(9)47(54)42(13-3)48-38(8)34-50(15-5,57-48)44-30-31-49(55,14-4)40(10)56-44/h27,29,36,38-40,42,44-45,48,52-53,55H,11-26,28,30-35H2,1-10H3/t36-,38+,39+,40+,42+,44-,45+,48+,49-,50+/m1/s1. The quantitative estimate of drug-likeness (QED) is 0.0726. The molecule has 3 rings (SSSR count). The normalized spacial score (nSPS) is 27.5. The molecule has 7 nitrogen and oxygen atoms in total. The predicted molar refractivity (Wildman–Crippen MR) is 237 cm³/mol. The Morgan fingerprint density at radius 1 is 0.895 bits per heavy atom. The molecule has 1 aromatic rings. The molecule has 57 heavy (non-hydrogen) atoms. The largest absolute Gasteiger partial charge is 0.507 e. The van der Waals surface area contributed by atoms with Gasteiger partial charge in [-0.1, -0.05) is 132 Å². The van der Waals surface area contributed by atoms with Gasteiger partial charge in [0.05, 0.1) is 35.6 Å². The number of unbranched alkanes of at least 4 members (excludes halogenated alkanes) is 10.